The SMILES string of the molecule is CC(C)(C)N1CC[C@H](NC(=O)c2cc(-c3ccc(F)cc3F)on2)[C@@H](C(=O)NC2(c3ncccn3)CC2)C1. The van der Waals surface area contributed by atoms with E-state index in [9.17, 15) is 18.4 Å². The first-order chi connectivity index (χ1) is 18.1. The lowest BCUT2D eigenvalue weighted by Gasteiger charge is -2.44. The zero-order chi connectivity index (χ0) is 27.1. The van der Waals surface area contributed by atoms with E-state index in [2.05, 4.69) is 51.4 Å². The maximum atomic E-state index is 14.2. The Kier molecular flexibility index (Phi) is 6.72. The molecular weight excluding hydrogens is 494 g/mol. The maximum Gasteiger partial charge on any atom is 0.273 e. The molecule has 2 N–H and O–H groups in total. The molecule has 2 amide bonds. The first-order valence-corrected chi connectivity index (χ1v) is 12.6. The fourth-order valence-electron chi connectivity index (χ4n) is 4.84. The average molecular weight is 525 g/mol. The number of hydrogen-bond donors (Lipinski definition) is 2. The molecule has 200 valence electrons. The molecule has 3 heterocycles. The van der Waals surface area contributed by atoms with Gasteiger partial charge >= 0.3 is 0 Å². The van der Waals surface area contributed by atoms with Crippen molar-refractivity contribution < 1.29 is 22.9 Å². The van der Waals surface area contributed by atoms with E-state index >= 15 is 0 Å². The Balaban J connectivity index is 1.33. The Morgan fingerprint density at radius 1 is 1.13 bits per heavy atom. The number of carbonyl (C=O) groups is 2. The van der Waals surface area contributed by atoms with Crippen LogP contribution in [0.5, 0.6) is 0 Å². The molecule has 1 aromatic carbocycles. The third-order valence-electron chi connectivity index (χ3n) is 7.26. The number of rotatable bonds is 6. The van der Waals surface area contributed by atoms with Crippen molar-refractivity contribution in [1.82, 2.24) is 30.7 Å². The van der Waals surface area contributed by atoms with Crippen molar-refractivity contribution in [3.05, 3.63) is 65.9 Å². The summed E-state index contributed by atoms with van der Waals surface area (Å²) in [6, 6.07) is 5.62. The number of likely N-dealkylation sites (tertiary alicyclic amines) is 1. The predicted octanol–water partition coefficient (Wildman–Crippen LogP) is 3.43. The van der Waals surface area contributed by atoms with Crippen LogP contribution in [-0.4, -0.2) is 56.5 Å². The summed E-state index contributed by atoms with van der Waals surface area (Å²) in [6.45, 7) is 7.42. The summed E-state index contributed by atoms with van der Waals surface area (Å²) < 4.78 is 32.6. The Labute approximate surface area is 219 Å². The standard InChI is InChI=1S/C27H30F2N6O3/c1-26(2,3)35-12-7-20(18(15-35)23(36)33-27(8-9-27)25-30-10-4-11-31-25)32-24(37)21-14-22(38-34-21)17-6-5-16(28)13-19(17)29/h4-6,10-11,13-14,18,20H,7-9,12,15H2,1-3H3,(H,32,37)(H,33,36)/t18-,20-/m0/s1. The van der Waals surface area contributed by atoms with Gasteiger partial charge in [0, 0.05) is 49.2 Å². The van der Waals surface area contributed by atoms with E-state index in [1.807, 2.05) is 0 Å². The van der Waals surface area contributed by atoms with Crippen LogP contribution in [0.3, 0.4) is 0 Å². The zero-order valence-corrected chi connectivity index (χ0v) is 21.5. The van der Waals surface area contributed by atoms with Gasteiger partial charge < -0.3 is 15.2 Å². The van der Waals surface area contributed by atoms with Crippen LogP contribution in [0.25, 0.3) is 11.3 Å². The second-order valence-corrected chi connectivity index (χ2v) is 10.9. The van der Waals surface area contributed by atoms with Crippen LogP contribution in [0.15, 0.2) is 47.2 Å². The van der Waals surface area contributed by atoms with Crippen molar-refractivity contribution in [3.63, 3.8) is 0 Å². The number of nitrogens with one attached hydrogen (secondary N) is 2. The molecule has 2 aliphatic rings. The molecule has 0 spiro atoms. The molecule has 0 unspecified atom stereocenters. The summed E-state index contributed by atoms with van der Waals surface area (Å²) in [6.07, 6.45) is 5.36. The van der Waals surface area contributed by atoms with E-state index in [0.29, 0.717) is 25.3 Å². The number of benzene rings is 1. The normalized spacial score (nSPS) is 21.1. The zero-order valence-electron chi connectivity index (χ0n) is 21.5. The van der Waals surface area contributed by atoms with Gasteiger partial charge in [-0.25, -0.2) is 18.7 Å². The number of piperidine rings is 1. The lowest BCUT2D eigenvalue weighted by Crippen LogP contribution is -2.60. The highest BCUT2D eigenvalue weighted by Gasteiger charge is 2.50. The minimum Gasteiger partial charge on any atom is -0.355 e. The minimum absolute atomic E-state index is 0.00281. The van der Waals surface area contributed by atoms with Gasteiger partial charge in [-0.3, -0.25) is 14.5 Å². The summed E-state index contributed by atoms with van der Waals surface area (Å²) in [5.41, 5.74) is -0.811. The highest BCUT2D eigenvalue weighted by Crippen LogP contribution is 2.44. The summed E-state index contributed by atoms with van der Waals surface area (Å²) in [7, 11) is 0. The predicted molar refractivity (Wildman–Crippen MR) is 134 cm³/mol. The van der Waals surface area contributed by atoms with Crippen molar-refractivity contribution in [3.8, 4) is 11.3 Å². The fraction of sp³-hybridized carbons (Fsp3) is 0.444. The van der Waals surface area contributed by atoms with Crippen LogP contribution < -0.4 is 10.6 Å². The molecule has 1 aliphatic carbocycles. The number of amides is 2. The van der Waals surface area contributed by atoms with Crippen molar-refractivity contribution >= 4 is 11.8 Å². The fourth-order valence-corrected chi connectivity index (χ4v) is 4.84. The quantitative estimate of drug-likeness (QED) is 0.508. The molecule has 1 aliphatic heterocycles. The molecule has 1 saturated carbocycles. The Morgan fingerprint density at radius 3 is 2.53 bits per heavy atom. The van der Waals surface area contributed by atoms with Gasteiger partial charge in [-0.15, -0.1) is 0 Å². The highest BCUT2D eigenvalue weighted by molar-refractivity contribution is 5.94. The molecule has 2 fully saturated rings. The largest absolute Gasteiger partial charge is 0.355 e. The molecule has 38 heavy (non-hydrogen) atoms. The van der Waals surface area contributed by atoms with E-state index in [1.54, 1.807) is 18.5 Å². The van der Waals surface area contributed by atoms with Gasteiger partial charge in [0.25, 0.3) is 5.91 Å². The Morgan fingerprint density at radius 2 is 1.87 bits per heavy atom. The molecule has 11 heteroatoms. The smallest absolute Gasteiger partial charge is 0.273 e. The molecular formula is C27H30F2N6O3. The number of nitrogens with zero attached hydrogens (tertiary/aromatic N) is 4. The van der Waals surface area contributed by atoms with Gasteiger partial charge in [0.2, 0.25) is 5.91 Å². The van der Waals surface area contributed by atoms with Crippen LogP contribution >= 0.6 is 0 Å². The summed E-state index contributed by atoms with van der Waals surface area (Å²) in [5, 5.41) is 9.87. The molecule has 2 aromatic heterocycles. The van der Waals surface area contributed by atoms with E-state index in [1.165, 1.54) is 12.1 Å². The van der Waals surface area contributed by atoms with Crippen LogP contribution in [0, 0.1) is 17.6 Å². The van der Waals surface area contributed by atoms with Crippen molar-refractivity contribution in [2.75, 3.05) is 13.1 Å². The van der Waals surface area contributed by atoms with Crippen LogP contribution in [-0.2, 0) is 10.3 Å². The Hall–Kier alpha value is -3.73. The highest BCUT2D eigenvalue weighted by atomic mass is 19.1. The van der Waals surface area contributed by atoms with Crippen molar-refractivity contribution in [1.29, 1.82) is 0 Å². The van der Waals surface area contributed by atoms with E-state index in [4.69, 9.17) is 4.52 Å². The molecule has 3 aromatic rings. The summed E-state index contributed by atoms with van der Waals surface area (Å²) in [5.74, 6) is -2.21. The van der Waals surface area contributed by atoms with Gasteiger partial charge in [0.05, 0.1) is 17.0 Å². The van der Waals surface area contributed by atoms with E-state index < -0.39 is 35.0 Å². The van der Waals surface area contributed by atoms with Gasteiger partial charge in [-0.1, -0.05) is 5.16 Å². The van der Waals surface area contributed by atoms with Crippen molar-refractivity contribution in [2.45, 2.75) is 57.2 Å². The first-order valence-electron chi connectivity index (χ1n) is 12.6. The number of carbonyl (C=O) groups excluding carboxylic acids is 2. The second-order valence-electron chi connectivity index (χ2n) is 10.9. The van der Waals surface area contributed by atoms with E-state index in [0.717, 1.165) is 25.0 Å². The Bertz CT molecular complexity index is 1340. The number of aromatic nitrogens is 3. The van der Waals surface area contributed by atoms with Gasteiger partial charge in [-0.2, -0.15) is 0 Å². The topological polar surface area (TPSA) is 113 Å². The van der Waals surface area contributed by atoms with Crippen molar-refractivity contribution in [2.24, 2.45) is 5.92 Å². The third kappa shape index (κ3) is 5.28. The summed E-state index contributed by atoms with van der Waals surface area (Å²) in [4.78, 5) is 37.6. The number of halogens is 2. The molecule has 5 rings (SSSR count). The van der Waals surface area contributed by atoms with Gasteiger partial charge in [0.15, 0.2) is 17.3 Å². The minimum atomic E-state index is -0.823. The lowest BCUT2D eigenvalue weighted by molar-refractivity contribution is -0.129. The number of hydrogen-bond acceptors (Lipinski definition) is 7. The van der Waals surface area contributed by atoms with Crippen LogP contribution in [0.1, 0.15) is 56.3 Å². The lowest BCUT2D eigenvalue weighted by atomic mass is 9.87. The molecule has 9 nitrogen and oxygen atoms in total. The third-order valence-corrected chi connectivity index (χ3v) is 7.26. The van der Waals surface area contributed by atoms with Crippen LogP contribution in [0.4, 0.5) is 8.78 Å². The molecule has 2 atom stereocenters. The maximum absolute atomic E-state index is 14.2. The molecule has 1 saturated heterocycles. The molecule has 0 bridgehead atoms. The van der Waals surface area contributed by atoms with Gasteiger partial charge in [0.1, 0.15) is 11.6 Å². The first kappa shape index (κ1) is 25.9. The van der Waals surface area contributed by atoms with Gasteiger partial charge in [-0.05, 0) is 58.2 Å². The van der Waals surface area contributed by atoms with Crippen LogP contribution in [0.2, 0.25) is 0 Å². The molecule has 0 radical (unpaired) electrons. The van der Waals surface area contributed by atoms with E-state index in [-0.39, 0.29) is 28.5 Å². The average Bonchev–Trinajstić information content (AvgIpc) is 3.49. The summed E-state index contributed by atoms with van der Waals surface area (Å²) >= 11 is 0. The monoisotopic (exact) mass is 524 g/mol. The second kappa shape index (κ2) is 9.86.